The molecular weight excluding hydrogens is 1220 g/mol. The van der Waals surface area contributed by atoms with Crippen LogP contribution in [0.5, 0.6) is 6.01 Å². The molecular formula is C62H65N21OS5. The number of benzene rings is 4. The summed E-state index contributed by atoms with van der Waals surface area (Å²) in [5, 5.41) is 40.2. The molecule has 4 aromatic carbocycles. The van der Waals surface area contributed by atoms with E-state index >= 15 is 0 Å². The molecule has 2 aliphatic carbocycles. The first-order valence-corrected chi connectivity index (χ1v) is 33.6. The lowest BCUT2D eigenvalue weighted by Crippen LogP contribution is -2.16. The predicted molar refractivity (Wildman–Crippen MR) is 356 cm³/mol. The van der Waals surface area contributed by atoms with Gasteiger partial charge < -0.3 is 30.9 Å². The lowest BCUT2D eigenvalue weighted by atomic mass is 10.1. The van der Waals surface area contributed by atoms with Crippen LogP contribution in [0.15, 0.2) is 157 Å². The molecule has 0 bridgehead atoms. The number of thioether (sulfide) groups is 1. The number of aromatic nitrogens is 16. The van der Waals surface area contributed by atoms with E-state index in [1.165, 1.54) is 65.3 Å². The third kappa shape index (κ3) is 17.8. The molecule has 0 saturated heterocycles. The summed E-state index contributed by atoms with van der Waals surface area (Å²) in [6.45, 7) is 6.50. The van der Waals surface area contributed by atoms with Crippen LogP contribution < -0.4 is 26.0 Å². The van der Waals surface area contributed by atoms with Gasteiger partial charge in [-0.05, 0) is 143 Å². The van der Waals surface area contributed by atoms with Gasteiger partial charge in [0.2, 0.25) is 28.9 Å². The molecule has 12 aromatic rings. The minimum atomic E-state index is 0.306. The lowest BCUT2D eigenvalue weighted by molar-refractivity contribution is 0.261. The first-order chi connectivity index (χ1) is 43.6. The highest BCUT2D eigenvalue weighted by molar-refractivity contribution is 7.99. The van der Waals surface area contributed by atoms with Crippen molar-refractivity contribution in [1.29, 1.82) is 0 Å². The van der Waals surface area contributed by atoms with Gasteiger partial charge >= 0.3 is 6.01 Å². The number of aromatic amines is 3. The molecule has 14 rings (SSSR count). The molecule has 22 nitrogen and oxygen atoms in total. The highest BCUT2D eigenvalue weighted by atomic mass is 32.2. The molecule has 2 saturated carbocycles. The summed E-state index contributed by atoms with van der Waals surface area (Å²) in [5.74, 6) is 6.92. The van der Waals surface area contributed by atoms with Gasteiger partial charge in [-0.2, -0.15) is 55.2 Å². The van der Waals surface area contributed by atoms with Crippen LogP contribution in [0.1, 0.15) is 90.5 Å². The van der Waals surface area contributed by atoms with Gasteiger partial charge in [-0.15, -0.1) is 22.7 Å². The van der Waals surface area contributed by atoms with Gasteiger partial charge in [-0.25, -0.2) is 9.97 Å². The van der Waals surface area contributed by atoms with Crippen molar-refractivity contribution < 1.29 is 4.74 Å². The van der Waals surface area contributed by atoms with Crippen molar-refractivity contribution in [2.75, 3.05) is 55.1 Å². The highest BCUT2D eigenvalue weighted by Crippen LogP contribution is 2.41. The molecule has 454 valence electrons. The Labute approximate surface area is 535 Å². The van der Waals surface area contributed by atoms with Crippen LogP contribution in [0.4, 0.5) is 41.2 Å². The van der Waals surface area contributed by atoms with Crippen LogP contribution in [-0.2, 0) is 12.2 Å². The van der Waals surface area contributed by atoms with Crippen molar-refractivity contribution in [3.63, 3.8) is 0 Å². The molecule has 89 heavy (non-hydrogen) atoms. The number of thiophene rings is 1. The molecule has 8 aromatic heterocycles. The molecule has 2 fully saturated rings. The summed E-state index contributed by atoms with van der Waals surface area (Å²) in [5.41, 5.74) is 8.51. The molecule has 2 aliphatic rings. The Kier molecular flexibility index (Phi) is 20.2. The number of anilines is 7. The van der Waals surface area contributed by atoms with E-state index in [-0.39, 0.29) is 0 Å². The Hall–Kier alpha value is -8.60. The second-order valence-corrected chi connectivity index (χ2v) is 26.2. The normalized spacial score (nSPS) is 12.8. The smallest absolute Gasteiger partial charge is 0.322 e. The molecule has 0 amide bonds. The Morgan fingerprint density at radius 1 is 0.629 bits per heavy atom. The average Bonchev–Trinajstić information content (AvgIpc) is 3.98. The second-order valence-electron chi connectivity index (χ2n) is 21.3. The quantitative estimate of drug-likeness (QED) is 0.0207. The van der Waals surface area contributed by atoms with E-state index in [0.717, 1.165) is 79.7 Å². The molecule has 27 heteroatoms. The van der Waals surface area contributed by atoms with Gasteiger partial charge in [0, 0.05) is 80.7 Å². The highest BCUT2D eigenvalue weighted by Gasteiger charge is 2.27. The number of aryl methyl sites for hydroxylation is 1. The maximum atomic E-state index is 5.85. The van der Waals surface area contributed by atoms with Crippen LogP contribution in [0.25, 0.3) is 21.1 Å². The molecule has 0 aliphatic heterocycles. The van der Waals surface area contributed by atoms with Crippen molar-refractivity contribution >= 4 is 120 Å². The topological polar surface area (TPSA) is 276 Å². The second kappa shape index (κ2) is 29.6. The predicted octanol–water partition coefficient (Wildman–Crippen LogP) is 14.2. The number of nitrogens with zero attached hydrogens (tertiary/aromatic N) is 14. The van der Waals surface area contributed by atoms with Crippen molar-refractivity contribution in [2.24, 2.45) is 0 Å². The number of hydrogen-bond donors (Lipinski definition) is 7. The van der Waals surface area contributed by atoms with Crippen LogP contribution in [0, 0.1) is 6.92 Å². The number of H-pyrrole nitrogens is 3. The van der Waals surface area contributed by atoms with Crippen molar-refractivity contribution in [3.8, 4) is 6.01 Å². The fourth-order valence-electron chi connectivity index (χ4n) is 8.96. The number of thiazole rings is 1. The summed E-state index contributed by atoms with van der Waals surface area (Å²) in [4.78, 5) is 51.0. The molecule has 0 radical (unpaired) electrons. The van der Waals surface area contributed by atoms with Gasteiger partial charge in [0.15, 0.2) is 27.8 Å². The van der Waals surface area contributed by atoms with E-state index in [1.807, 2.05) is 98.5 Å². The molecule has 0 spiro atoms. The zero-order chi connectivity index (χ0) is 60.7. The van der Waals surface area contributed by atoms with E-state index in [9.17, 15) is 0 Å². The first-order valence-electron chi connectivity index (χ1n) is 29.2. The SMILES string of the molecule is CCCNc1nc(Nc2cc(C3CC3)[nH]n2)nc(SCc2cccs2)n1.CN(C)CCCOc1nc(Nc2cc(C3CC3)[nH]n2)nc(Sc2ccc3ncsc3c2)n1.Cc1cccc(Cc2nc(Nc3n[nH]c4ccccc34)nc(Sc3ccccc3)n2)c1. The number of hydrogen-bond acceptors (Lipinski definition) is 24. The fraction of sp³-hybridized carbons (Fsp3) is 0.274. The number of nitrogens with one attached hydrogen (secondary N) is 7. The van der Waals surface area contributed by atoms with Crippen LogP contribution in [-0.4, -0.2) is 119 Å². The Bertz CT molecular complexity index is 4220. The minimum absolute atomic E-state index is 0.306. The number of para-hydroxylation sites is 1. The summed E-state index contributed by atoms with van der Waals surface area (Å²) < 4.78 is 6.98. The van der Waals surface area contributed by atoms with Crippen LogP contribution in [0.2, 0.25) is 0 Å². The maximum absolute atomic E-state index is 5.85. The van der Waals surface area contributed by atoms with E-state index in [4.69, 9.17) is 9.72 Å². The molecule has 0 unspecified atom stereocenters. The third-order valence-electron chi connectivity index (χ3n) is 13.6. The standard InChI is InChI=1S/C24H20N6S.C21H24N8OS2.C17H21N7S2/c1-16-8-7-9-17(14-16)15-21-25-23(27-22-19-12-5-6-13-20(19)29-30-22)28-24(26-21)31-18-10-3-2-4-11-18;1-29(2)8-3-9-30-20-24-19(23-18-11-16(27-28-18)13-4-5-13)25-21(26-20)32-14-6-7-15-17(10-14)31-12-22-15;1-2-7-18-15-20-16(19-14-9-13(23-24-14)11-5-6-11)22-17(21-15)26-10-12-4-3-8-25-12/h2-14H,15H2,1H3,(H2,25,26,27,28,29,30);6-7,10-13H,3-5,8-9H2,1-2H3,(H2,23,24,25,26,27,28);3-4,8-9,11H,2,5-7,10H2,1H3,(H3,18,19,20,21,22,23,24). The lowest BCUT2D eigenvalue weighted by Gasteiger charge is -2.11. The monoisotopic (exact) mass is 1280 g/mol. The van der Waals surface area contributed by atoms with Gasteiger partial charge in [0.1, 0.15) is 5.82 Å². The van der Waals surface area contributed by atoms with Crippen LogP contribution >= 0.6 is 58.0 Å². The average molecular weight is 1280 g/mol. The van der Waals surface area contributed by atoms with Gasteiger partial charge in [-0.1, -0.05) is 84.9 Å². The Morgan fingerprint density at radius 3 is 2.09 bits per heavy atom. The minimum Gasteiger partial charge on any atom is -0.463 e. The maximum Gasteiger partial charge on any atom is 0.322 e. The van der Waals surface area contributed by atoms with E-state index in [2.05, 4.69) is 163 Å². The number of ether oxygens (including phenoxy) is 1. The van der Waals surface area contributed by atoms with Gasteiger partial charge in [0.25, 0.3) is 0 Å². The Balaban J connectivity index is 0.000000130. The van der Waals surface area contributed by atoms with Gasteiger partial charge in [-0.3, -0.25) is 15.3 Å². The first kappa shape index (κ1) is 60.7. The van der Waals surface area contributed by atoms with Crippen molar-refractivity contribution in [2.45, 2.75) is 102 Å². The zero-order valence-electron chi connectivity index (χ0n) is 49.3. The molecule has 8 heterocycles. The van der Waals surface area contributed by atoms with Crippen molar-refractivity contribution in [1.82, 2.24) is 85.3 Å². The van der Waals surface area contributed by atoms with Crippen molar-refractivity contribution in [3.05, 3.63) is 165 Å². The largest absolute Gasteiger partial charge is 0.463 e. The fourth-order valence-corrected chi connectivity index (χ4v) is 12.9. The van der Waals surface area contributed by atoms with E-state index < -0.39 is 0 Å². The third-order valence-corrected chi connectivity index (χ3v) is 18.1. The van der Waals surface area contributed by atoms with E-state index in [1.54, 1.807) is 34.4 Å². The number of rotatable bonds is 25. The van der Waals surface area contributed by atoms with Crippen LogP contribution in [0.3, 0.4) is 0 Å². The molecule has 0 atom stereocenters. The van der Waals surface area contributed by atoms with E-state index in [0.29, 0.717) is 87.6 Å². The summed E-state index contributed by atoms with van der Waals surface area (Å²) in [6, 6.07) is 41.1. The zero-order valence-corrected chi connectivity index (χ0v) is 53.4. The summed E-state index contributed by atoms with van der Waals surface area (Å²) >= 11 is 7.95. The Morgan fingerprint density at radius 2 is 1.35 bits per heavy atom. The summed E-state index contributed by atoms with van der Waals surface area (Å²) in [7, 11) is 4.08. The summed E-state index contributed by atoms with van der Waals surface area (Å²) in [6.07, 6.45) is 7.42. The van der Waals surface area contributed by atoms with Gasteiger partial charge in [0.05, 0.1) is 27.9 Å². The molecule has 7 N–H and O–H groups in total. The number of fused-ring (bicyclic) bond motifs is 2.